The second kappa shape index (κ2) is 9.53. The Hall–Kier alpha value is -2.51. The third kappa shape index (κ3) is 4.63. The molecule has 2 heterocycles. The first-order valence-electron chi connectivity index (χ1n) is 10.6. The normalized spacial score (nSPS) is 14.9. The lowest BCUT2D eigenvalue weighted by atomic mass is 9.94. The summed E-state index contributed by atoms with van der Waals surface area (Å²) >= 11 is 1.48. The smallest absolute Gasteiger partial charge is 0.273 e. The minimum absolute atomic E-state index is 0.0284. The van der Waals surface area contributed by atoms with Crippen LogP contribution in [0.1, 0.15) is 42.6 Å². The first-order valence-corrected chi connectivity index (χ1v) is 11.5. The van der Waals surface area contributed by atoms with Crippen LogP contribution in [0.3, 0.4) is 0 Å². The Morgan fingerprint density at radius 2 is 1.90 bits per heavy atom. The number of aromatic nitrogens is 3. The van der Waals surface area contributed by atoms with Gasteiger partial charge in [0.2, 0.25) is 0 Å². The van der Waals surface area contributed by atoms with E-state index >= 15 is 0 Å². The number of hydrogen-bond acceptors (Lipinski definition) is 5. The van der Waals surface area contributed by atoms with Gasteiger partial charge in [-0.15, -0.1) is 11.3 Å². The fourth-order valence-electron chi connectivity index (χ4n) is 4.08. The molecular formula is C23H29N5OS. The van der Waals surface area contributed by atoms with Crippen LogP contribution in [-0.4, -0.2) is 64.1 Å². The Bertz CT molecular complexity index is 961. The van der Waals surface area contributed by atoms with E-state index in [-0.39, 0.29) is 5.91 Å². The van der Waals surface area contributed by atoms with Gasteiger partial charge in [-0.3, -0.25) is 9.89 Å². The van der Waals surface area contributed by atoms with Crippen LogP contribution in [0.4, 0.5) is 0 Å². The Balaban J connectivity index is 1.40. The van der Waals surface area contributed by atoms with Crippen LogP contribution >= 0.6 is 11.3 Å². The largest absolute Gasteiger partial charge is 0.339 e. The molecule has 3 aromatic rings. The number of aromatic amines is 1. The summed E-state index contributed by atoms with van der Waals surface area (Å²) in [6.45, 7) is 1.60. The number of H-pyrrole nitrogens is 1. The van der Waals surface area contributed by atoms with Crippen molar-refractivity contribution in [3.05, 3.63) is 47.6 Å². The fraction of sp³-hybridized carbons (Fsp3) is 0.435. The average Bonchev–Trinajstić information content (AvgIpc) is 3.47. The summed E-state index contributed by atoms with van der Waals surface area (Å²) in [4.78, 5) is 21.7. The minimum atomic E-state index is -0.0284. The van der Waals surface area contributed by atoms with E-state index in [1.165, 1.54) is 43.4 Å². The number of rotatable bonds is 7. The van der Waals surface area contributed by atoms with E-state index in [9.17, 15) is 4.79 Å². The summed E-state index contributed by atoms with van der Waals surface area (Å²) in [5, 5.41) is 9.91. The van der Waals surface area contributed by atoms with E-state index in [0.717, 1.165) is 28.4 Å². The van der Waals surface area contributed by atoms with Crippen molar-refractivity contribution in [2.45, 2.75) is 38.1 Å². The second-order valence-corrected chi connectivity index (χ2v) is 8.92. The molecule has 0 radical (unpaired) electrons. The highest BCUT2D eigenvalue weighted by Gasteiger charge is 2.21. The maximum Gasteiger partial charge on any atom is 0.273 e. The van der Waals surface area contributed by atoms with Gasteiger partial charge in [0.1, 0.15) is 10.7 Å². The molecule has 0 atom stereocenters. The van der Waals surface area contributed by atoms with Crippen LogP contribution in [0, 0.1) is 0 Å². The maximum absolute atomic E-state index is 12.9. The molecule has 158 valence electrons. The number of nitrogens with zero attached hydrogens (tertiary/aromatic N) is 4. The SMILES string of the molecule is CN(CCN(C)C1CCCCC1)C(=O)c1csc(-c2cn[nH]c2-c2ccccc2)n1. The molecule has 1 aliphatic carbocycles. The molecule has 1 amide bonds. The lowest BCUT2D eigenvalue weighted by molar-refractivity contribution is 0.0762. The first-order chi connectivity index (χ1) is 14.6. The zero-order chi connectivity index (χ0) is 20.9. The monoisotopic (exact) mass is 423 g/mol. The van der Waals surface area contributed by atoms with Crippen LogP contribution in [-0.2, 0) is 0 Å². The molecule has 0 saturated heterocycles. The van der Waals surface area contributed by atoms with Crippen LogP contribution in [0.5, 0.6) is 0 Å². The van der Waals surface area contributed by atoms with Gasteiger partial charge in [-0.2, -0.15) is 5.10 Å². The van der Waals surface area contributed by atoms with E-state index in [2.05, 4.69) is 27.1 Å². The molecule has 1 aromatic carbocycles. The predicted molar refractivity (Wildman–Crippen MR) is 122 cm³/mol. The van der Waals surface area contributed by atoms with Gasteiger partial charge in [-0.05, 0) is 19.9 Å². The molecule has 30 heavy (non-hydrogen) atoms. The van der Waals surface area contributed by atoms with E-state index < -0.39 is 0 Å². The molecule has 1 N–H and O–H groups in total. The van der Waals surface area contributed by atoms with E-state index in [1.54, 1.807) is 11.1 Å². The van der Waals surface area contributed by atoms with Crippen molar-refractivity contribution >= 4 is 17.2 Å². The number of hydrogen-bond donors (Lipinski definition) is 1. The minimum Gasteiger partial charge on any atom is -0.339 e. The van der Waals surface area contributed by atoms with Crippen LogP contribution in [0.25, 0.3) is 21.8 Å². The van der Waals surface area contributed by atoms with Gasteiger partial charge in [-0.25, -0.2) is 4.98 Å². The molecule has 0 unspecified atom stereocenters. The lowest BCUT2D eigenvalue weighted by Gasteiger charge is -2.32. The summed E-state index contributed by atoms with van der Waals surface area (Å²) in [5.74, 6) is -0.0284. The number of likely N-dealkylation sites (N-methyl/N-ethyl adjacent to an activating group) is 2. The summed E-state index contributed by atoms with van der Waals surface area (Å²) in [6, 6.07) is 10.7. The van der Waals surface area contributed by atoms with Crippen molar-refractivity contribution in [1.82, 2.24) is 25.0 Å². The molecule has 2 aromatic heterocycles. The molecule has 0 aliphatic heterocycles. The van der Waals surface area contributed by atoms with Crippen molar-refractivity contribution in [2.24, 2.45) is 0 Å². The van der Waals surface area contributed by atoms with Gasteiger partial charge in [0, 0.05) is 37.1 Å². The van der Waals surface area contributed by atoms with Crippen LogP contribution in [0.15, 0.2) is 41.9 Å². The fourth-order valence-corrected chi connectivity index (χ4v) is 4.89. The van der Waals surface area contributed by atoms with Crippen molar-refractivity contribution < 1.29 is 4.79 Å². The standard InChI is InChI=1S/C23H29N5OS/c1-27(18-11-7-4-8-12-18)13-14-28(2)23(29)20-16-30-22(25-20)19-15-24-26-21(19)17-9-5-3-6-10-17/h3,5-6,9-10,15-16,18H,4,7-8,11-14H2,1-2H3,(H,24,26). The Morgan fingerprint density at radius 1 is 1.13 bits per heavy atom. The first kappa shape index (κ1) is 20.8. The molecule has 1 fully saturated rings. The van der Waals surface area contributed by atoms with Crippen molar-refractivity contribution in [1.29, 1.82) is 0 Å². The van der Waals surface area contributed by atoms with Gasteiger partial charge >= 0.3 is 0 Å². The average molecular weight is 424 g/mol. The van der Waals surface area contributed by atoms with Crippen molar-refractivity contribution in [3.63, 3.8) is 0 Å². The number of benzene rings is 1. The molecule has 4 rings (SSSR count). The maximum atomic E-state index is 12.9. The second-order valence-electron chi connectivity index (χ2n) is 8.06. The third-order valence-corrected chi connectivity index (χ3v) is 6.86. The van der Waals surface area contributed by atoms with Gasteiger partial charge in [-0.1, -0.05) is 49.6 Å². The molecule has 7 heteroatoms. The third-order valence-electron chi connectivity index (χ3n) is 5.99. The molecule has 6 nitrogen and oxygen atoms in total. The predicted octanol–water partition coefficient (Wildman–Crippen LogP) is 4.54. The van der Waals surface area contributed by atoms with Crippen molar-refractivity contribution in [3.8, 4) is 21.8 Å². The number of nitrogens with one attached hydrogen (secondary N) is 1. The zero-order valence-corrected chi connectivity index (χ0v) is 18.5. The zero-order valence-electron chi connectivity index (χ0n) is 17.7. The molecule has 1 aliphatic rings. The lowest BCUT2D eigenvalue weighted by Crippen LogP contribution is -2.40. The summed E-state index contributed by atoms with van der Waals surface area (Å²) < 4.78 is 0. The molecule has 0 spiro atoms. The van der Waals surface area contributed by atoms with Gasteiger partial charge in [0.15, 0.2) is 0 Å². The van der Waals surface area contributed by atoms with Crippen molar-refractivity contribution in [2.75, 3.05) is 27.2 Å². The molecule has 0 bridgehead atoms. The topological polar surface area (TPSA) is 65.1 Å². The highest BCUT2D eigenvalue weighted by atomic mass is 32.1. The number of carbonyl (C=O) groups is 1. The van der Waals surface area contributed by atoms with E-state index in [0.29, 0.717) is 18.3 Å². The van der Waals surface area contributed by atoms with Gasteiger partial charge in [0.05, 0.1) is 17.5 Å². The number of amides is 1. The highest BCUT2D eigenvalue weighted by molar-refractivity contribution is 7.13. The Labute approximate surface area is 181 Å². The molecular weight excluding hydrogens is 394 g/mol. The van der Waals surface area contributed by atoms with E-state index in [1.807, 2.05) is 42.8 Å². The highest BCUT2D eigenvalue weighted by Crippen LogP contribution is 2.32. The quantitative estimate of drug-likeness (QED) is 0.606. The van der Waals surface area contributed by atoms with Gasteiger partial charge < -0.3 is 9.80 Å². The Kier molecular flexibility index (Phi) is 6.59. The van der Waals surface area contributed by atoms with Gasteiger partial charge in [0.25, 0.3) is 5.91 Å². The summed E-state index contributed by atoms with van der Waals surface area (Å²) in [6.07, 6.45) is 8.33. The van der Waals surface area contributed by atoms with Crippen LogP contribution in [0.2, 0.25) is 0 Å². The molecule has 1 saturated carbocycles. The number of thiazole rings is 1. The summed E-state index contributed by atoms with van der Waals surface area (Å²) in [7, 11) is 4.04. The Morgan fingerprint density at radius 3 is 2.67 bits per heavy atom. The van der Waals surface area contributed by atoms with Crippen LogP contribution < -0.4 is 0 Å². The van der Waals surface area contributed by atoms with E-state index in [4.69, 9.17) is 0 Å². The number of carbonyl (C=O) groups excluding carboxylic acids is 1. The summed E-state index contributed by atoms with van der Waals surface area (Å²) in [5.41, 5.74) is 3.39.